The second-order valence-electron chi connectivity index (χ2n) is 4.88. The average Bonchev–Trinajstić information content (AvgIpc) is 2.64. The van der Waals surface area contributed by atoms with Crippen molar-refractivity contribution in [3.05, 3.63) is 29.3 Å². The molecule has 0 unspecified atom stereocenters. The standard InChI is InChI=1S/C14H18N2O2S/c1-8-5-4-6-11(10(8)3)15-14(19)16-12-7-9(2)18-13(12)17/h4-6,9,12H,7H2,1-3H3,(H2,15,16,19)/t9-,12-/m0/s1. The van der Waals surface area contributed by atoms with Crippen LogP contribution in [0.4, 0.5) is 5.69 Å². The molecule has 0 amide bonds. The summed E-state index contributed by atoms with van der Waals surface area (Å²) < 4.78 is 5.08. The zero-order valence-electron chi connectivity index (χ0n) is 11.3. The number of anilines is 1. The van der Waals surface area contributed by atoms with Gasteiger partial charge in [-0.25, -0.2) is 4.79 Å². The Morgan fingerprint density at radius 1 is 1.42 bits per heavy atom. The van der Waals surface area contributed by atoms with Gasteiger partial charge in [0.15, 0.2) is 5.11 Å². The molecule has 1 aromatic carbocycles. The molecule has 1 saturated heterocycles. The number of thiocarbonyl (C=S) groups is 1. The highest BCUT2D eigenvalue weighted by Gasteiger charge is 2.32. The van der Waals surface area contributed by atoms with Crippen molar-refractivity contribution < 1.29 is 9.53 Å². The van der Waals surface area contributed by atoms with Gasteiger partial charge in [-0.3, -0.25) is 0 Å². The van der Waals surface area contributed by atoms with Gasteiger partial charge in [-0.15, -0.1) is 0 Å². The van der Waals surface area contributed by atoms with Gasteiger partial charge in [-0.1, -0.05) is 12.1 Å². The Hall–Kier alpha value is -1.62. The molecule has 2 N–H and O–H groups in total. The van der Waals surface area contributed by atoms with E-state index >= 15 is 0 Å². The van der Waals surface area contributed by atoms with Crippen LogP contribution in [-0.4, -0.2) is 23.2 Å². The van der Waals surface area contributed by atoms with E-state index in [4.69, 9.17) is 17.0 Å². The number of aryl methyl sites for hydroxylation is 1. The summed E-state index contributed by atoms with van der Waals surface area (Å²) in [5.41, 5.74) is 3.30. The van der Waals surface area contributed by atoms with Gasteiger partial charge in [0.2, 0.25) is 0 Å². The first-order chi connectivity index (χ1) is 8.97. The van der Waals surface area contributed by atoms with E-state index in [0.717, 1.165) is 11.3 Å². The molecular formula is C14H18N2O2S. The highest BCUT2D eigenvalue weighted by Crippen LogP contribution is 2.18. The average molecular weight is 278 g/mol. The van der Waals surface area contributed by atoms with Crippen LogP contribution in [0.5, 0.6) is 0 Å². The molecule has 0 aromatic heterocycles. The van der Waals surface area contributed by atoms with Gasteiger partial charge in [0.25, 0.3) is 0 Å². The number of carbonyl (C=O) groups is 1. The molecule has 102 valence electrons. The SMILES string of the molecule is Cc1cccc(NC(=S)N[C@H]2C[C@H](C)OC2=O)c1C. The fourth-order valence-electron chi connectivity index (χ4n) is 2.08. The lowest BCUT2D eigenvalue weighted by Crippen LogP contribution is -2.40. The molecule has 0 bridgehead atoms. The first-order valence-corrected chi connectivity index (χ1v) is 6.72. The quantitative estimate of drug-likeness (QED) is 0.642. The van der Waals surface area contributed by atoms with E-state index in [-0.39, 0.29) is 18.1 Å². The minimum absolute atomic E-state index is 0.0477. The van der Waals surface area contributed by atoms with Crippen molar-refractivity contribution in [2.75, 3.05) is 5.32 Å². The summed E-state index contributed by atoms with van der Waals surface area (Å²) in [7, 11) is 0. The second-order valence-corrected chi connectivity index (χ2v) is 5.29. The highest BCUT2D eigenvalue weighted by molar-refractivity contribution is 7.80. The van der Waals surface area contributed by atoms with Crippen LogP contribution in [0.3, 0.4) is 0 Å². The number of hydrogen-bond donors (Lipinski definition) is 2. The van der Waals surface area contributed by atoms with Crippen LogP contribution in [0.25, 0.3) is 0 Å². The number of esters is 1. The van der Waals surface area contributed by atoms with Crippen molar-refractivity contribution in [1.82, 2.24) is 5.32 Å². The van der Waals surface area contributed by atoms with E-state index in [9.17, 15) is 4.79 Å². The van der Waals surface area contributed by atoms with Crippen LogP contribution >= 0.6 is 12.2 Å². The van der Waals surface area contributed by atoms with Crippen LogP contribution < -0.4 is 10.6 Å². The van der Waals surface area contributed by atoms with Crippen molar-refractivity contribution in [1.29, 1.82) is 0 Å². The fourth-order valence-corrected chi connectivity index (χ4v) is 2.33. The molecule has 5 heteroatoms. The lowest BCUT2D eigenvalue weighted by Gasteiger charge is -2.15. The summed E-state index contributed by atoms with van der Waals surface area (Å²) >= 11 is 5.24. The third-order valence-corrected chi connectivity index (χ3v) is 3.55. The number of rotatable bonds is 2. The van der Waals surface area contributed by atoms with Gasteiger partial charge >= 0.3 is 5.97 Å². The van der Waals surface area contributed by atoms with Gasteiger partial charge < -0.3 is 15.4 Å². The Bertz CT molecular complexity index is 516. The van der Waals surface area contributed by atoms with Gasteiger partial charge in [0, 0.05) is 12.1 Å². The van der Waals surface area contributed by atoms with Crippen LogP contribution in [-0.2, 0) is 9.53 Å². The Kier molecular flexibility index (Phi) is 4.04. The lowest BCUT2D eigenvalue weighted by molar-refractivity contribution is -0.142. The van der Waals surface area contributed by atoms with Crippen molar-refractivity contribution in [3.63, 3.8) is 0 Å². The Morgan fingerprint density at radius 3 is 2.79 bits per heavy atom. The first-order valence-electron chi connectivity index (χ1n) is 6.31. The van der Waals surface area contributed by atoms with Crippen molar-refractivity contribution in [2.45, 2.75) is 39.3 Å². The zero-order chi connectivity index (χ0) is 14.0. The fraction of sp³-hybridized carbons (Fsp3) is 0.429. The molecule has 0 aliphatic carbocycles. The Balaban J connectivity index is 1.98. The number of hydrogen-bond acceptors (Lipinski definition) is 3. The second kappa shape index (κ2) is 5.57. The van der Waals surface area contributed by atoms with E-state index in [1.807, 2.05) is 39.0 Å². The van der Waals surface area contributed by atoms with Gasteiger partial charge in [0.05, 0.1) is 0 Å². The molecule has 19 heavy (non-hydrogen) atoms. The Morgan fingerprint density at radius 2 is 2.16 bits per heavy atom. The molecule has 0 spiro atoms. The monoisotopic (exact) mass is 278 g/mol. The van der Waals surface area contributed by atoms with Gasteiger partial charge in [-0.05, 0) is 50.2 Å². The molecule has 1 aliphatic heterocycles. The maximum atomic E-state index is 11.5. The minimum Gasteiger partial charge on any atom is -0.461 e. The van der Waals surface area contributed by atoms with E-state index < -0.39 is 0 Å². The summed E-state index contributed by atoms with van der Waals surface area (Å²) in [6.45, 7) is 5.96. The minimum atomic E-state index is -0.347. The lowest BCUT2D eigenvalue weighted by atomic mass is 10.1. The highest BCUT2D eigenvalue weighted by atomic mass is 32.1. The summed E-state index contributed by atoms with van der Waals surface area (Å²) in [5.74, 6) is -0.238. The number of ether oxygens (including phenoxy) is 1. The number of cyclic esters (lactones) is 1. The maximum Gasteiger partial charge on any atom is 0.329 e. The van der Waals surface area contributed by atoms with E-state index in [1.165, 1.54) is 5.56 Å². The van der Waals surface area contributed by atoms with Crippen LogP contribution in [0, 0.1) is 13.8 Å². The summed E-state index contributed by atoms with van der Waals surface area (Å²) in [6, 6.07) is 5.64. The van der Waals surface area contributed by atoms with Crippen LogP contribution in [0.2, 0.25) is 0 Å². The summed E-state index contributed by atoms with van der Waals surface area (Å²) in [5, 5.41) is 6.57. The third kappa shape index (κ3) is 3.23. The zero-order valence-corrected chi connectivity index (χ0v) is 12.1. The molecule has 1 heterocycles. The number of carbonyl (C=O) groups excluding carboxylic acids is 1. The van der Waals surface area contributed by atoms with Gasteiger partial charge in [0.1, 0.15) is 12.1 Å². The maximum absolute atomic E-state index is 11.5. The van der Waals surface area contributed by atoms with Crippen LogP contribution in [0.15, 0.2) is 18.2 Å². The number of nitrogens with one attached hydrogen (secondary N) is 2. The van der Waals surface area contributed by atoms with E-state index in [0.29, 0.717) is 11.5 Å². The Labute approximate surface area is 118 Å². The first kappa shape index (κ1) is 13.8. The largest absolute Gasteiger partial charge is 0.461 e. The van der Waals surface area contributed by atoms with Crippen molar-refractivity contribution >= 4 is 29.0 Å². The molecule has 2 rings (SSSR count). The topological polar surface area (TPSA) is 50.4 Å². The number of benzene rings is 1. The molecule has 1 aromatic rings. The van der Waals surface area contributed by atoms with Gasteiger partial charge in [-0.2, -0.15) is 0 Å². The normalized spacial score (nSPS) is 21.9. The molecule has 1 fully saturated rings. The molecular weight excluding hydrogens is 260 g/mol. The predicted molar refractivity (Wildman–Crippen MR) is 79.2 cm³/mol. The third-order valence-electron chi connectivity index (χ3n) is 3.33. The molecule has 0 saturated carbocycles. The van der Waals surface area contributed by atoms with Crippen molar-refractivity contribution in [3.8, 4) is 0 Å². The predicted octanol–water partition coefficient (Wildman–Crippen LogP) is 2.29. The smallest absolute Gasteiger partial charge is 0.329 e. The molecule has 2 atom stereocenters. The molecule has 0 radical (unpaired) electrons. The summed E-state index contributed by atoms with van der Waals surface area (Å²) in [6.07, 6.45) is 0.599. The summed E-state index contributed by atoms with van der Waals surface area (Å²) in [4.78, 5) is 11.5. The van der Waals surface area contributed by atoms with E-state index in [1.54, 1.807) is 0 Å². The van der Waals surface area contributed by atoms with E-state index in [2.05, 4.69) is 10.6 Å². The molecule has 4 nitrogen and oxygen atoms in total. The van der Waals surface area contributed by atoms with Crippen molar-refractivity contribution in [2.24, 2.45) is 0 Å². The molecule has 1 aliphatic rings. The van der Waals surface area contributed by atoms with Crippen LogP contribution in [0.1, 0.15) is 24.5 Å².